The van der Waals surface area contributed by atoms with Crippen molar-refractivity contribution in [2.24, 2.45) is 7.05 Å². The molecule has 0 N–H and O–H groups in total. The standard InChI is InChI=1S/C19H19FN4O/c1-22-17-5-3-2-4-16(17)18(21-22)19(25)24-12-10-23(11-13-24)15-8-6-14(20)7-9-15/h2-9H,10-13H2,1H3. The van der Waals surface area contributed by atoms with Crippen LogP contribution in [0.15, 0.2) is 48.5 Å². The van der Waals surface area contributed by atoms with Crippen LogP contribution in [0.5, 0.6) is 0 Å². The lowest BCUT2D eigenvalue weighted by Crippen LogP contribution is -2.49. The third-order valence-corrected chi connectivity index (χ3v) is 4.72. The normalized spacial score (nSPS) is 15.0. The minimum Gasteiger partial charge on any atom is -0.368 e. The zero-order valence-corrected chi connectivity index (χ0v) is 14.0. The first-order valence-electron chi connectivity index (χ1n) is 8.35. The van der Waals surface area contributed by atoms with E-state index in [9.17, 15) is 9.18 Å². The van der Waals surface area contributed by atoms with Gasteiger partial charge in [0.1, 0.15) is 5.82 Å². The molecule has 0 radical (unpaired) electrons. The van der Waals surface area contributed by atoms with Crippen LogP contribution in [-0.4, -0.2) is 46.8 Å². The molecule has 3 aromatic rings. The molecular weight excluding hydrogens is 319 g/mol. The van der Waals surface area contributed by atoms with Gasteiger partial charge in [-0.2, -0.15) is 5.10 Å². The molecule has 1 saturated heterocycles. The molecule has 1 aliphatic rings. The molecule has 1 fully saturated rings. The number of hydrogen-bond acceptors (Lipinski definition) is 3. The van der Waals surface area contributed by atoms with Crippen LogP contribution in [-0.2, 0) is 7.05 Å². The van der Waals surface area contributed by atoms with Gasteiger partial charge in [0.05, 0.1) is 5.52 Å². The van der Waals surface area contributed by atoms with Crippen LogP contribution < -0.4 is 4.90 Å². The maximum atomic E-state index is 13.1. The van der Waals surface area contributed by atoms with E-state index in [1.807, 2.05) is 36.2 Å². The molecular formula is C19H19FN4O. The quantitative estimate of drug-likeness (QED) is 0.721. The maximum absolute atomic E-state index is 13.1. The van der Waals surface area contributed by atoms with E-state index in [4.69, 9.17) is 0 Å². The Labute approximate surface area is 145 Å². The van der Waals surface area contributed by atoms with Gasteiger partial charge in [-0.25, -0.2) is 4.39 Å². The van der Waals surface area contributed by atoms with Crippen molar-refractivity contribution in [1.29, 1.82) is 0 Å². The van der Waals surface area contributed by atoms with E-state index in [0.717, 1.165) is 29.7 Å². The molecule has 2 heterocycles. The molecule has 128 valence electrons. The summed E-state index contributed by atoms with van der Waals surface area (Å²) in [5.41, 5.74) is 2.45. The van der Waals surface area contributed by atoms with Crippen molar-refractivity contribution in [3.63, 3.8) is 0 Å². The molecule has 1 aliphatic heterocycles. The van der Waals surface area contributed by atoms with Gasteiger partial charge >= 0.3 is 0 Å². The molecule has 0 aliphatic carbocycles. The van der Waals surface area contributed by atoms with Gasteiger partial charge < -0.3 is 9.80 Å². The highest BCUT2D eigenvalue weighted by Gasteiger charge is 2.25. The lowest BCUT2D eigenvalue weighted by molar-refractivity contribution is 0.0742. The van der Waals surface area contributed by atoms with Gasteiger partial charge in [-0.1, -0.05) is 18.2 Å². The topological polar surface area (TPSA) is 41.4 Å². The summed E-state index contributed by atoms with van der Waals surface area (Å²) in [4.78, 5) is 16.9. The fourth-order valence-corrected chi connectivity index (χ4v) is 3.34. The van der Waals surface area contributed by atoms with Crippen molar-refractivity contribution >= 4 is 22.5 Å². The second kappa shape index (κ2) is 6.20. The molecule has 0 atom stereocenters. The SMILES string of the molecule is Cn1nc(C(=O)N2CCN(c3ccc(F)cc3)CC2)c2ccccc21. The smallest absolute Gasteiger partial charge is 0.275 e. The fourth-order valence-electron chi connectivity index (χ4n) is 3.34. The van der Waals surface area contributed by atoms with Gasteiger partial charge in [0.25, 0.3) is 5.91 Å². The molecule has 0 saturated carbocycles. The summed E-state index contributed by atoms with van der Waals surface area (Å²) < 4.78 is 14.8. The molecule has 0 bridgehead atoms. The zero-order valence-electron chi connectivity index (χ0n) is 14.0. The largest absolute Gasteiger partial charge is 0.368 e. The van der Waals surface area contributed by atoms with E-state index in [2.05, 4.69) is 10.00 Å². The second-order valence-corrected chi connectivity index (χ2v) is 6.25. The van der Waals surface area contributed by atoms with E-state index in [-0.39, 0.29) is 11.7 Å². The highest BCUT2D eigenvalue weighted by molar-refractivity contribution is 6.04. The van der Waals surface area contributed by atoms with Crippen molar-refractivity contribution in [2.45, 2.75) is 0 Å². The Morgan fingerprint density at radius 1 is 1.00 bits per heavy atom. The van der Waals surface area contributed by atoms with E-state index >= 15 is 0 Å². The molecule has 0 unspecified atom stereocenters. The molecule has 1 aromatic heterocycles. The molecule has 6 heteroatoms. The van der Waals surface area contributed by atoms with Gasteiger partial charge in [-0.3, -0.25) is 9.48 Å². The number of para-hydroxylation sites is 1. The summed E-state index contributed by atoms with van der Waals surface area (Å²) in [6.45, 7) is 2.70. The predicted molar refractivity (Wildman–Crippen MR) is 95.2 cm³/mol. The van der Waals surface area contributed by atoms with E-state index in [1.54, 1.807) is 16.8 Å². The predicted octanol–water partition coefficient (Wildman–Crippen LogP) is 2.67. The molecule has 2 aromatic carbocycles. The molecule has 5 nitrogen and oxygen atoms in total. The van der Waals surface area contributed by atoms with Gasteiger partial charge in [0, 0.05) is 44.3 Å². The first-order valence-corrected chi connectivity index (χ1v) is 8.35. The van der Waals surface area contributed by atoms with E-state index in [1.165, 1.54) is 12.1 Å². The Hall–Kier alpha value is -2.89. The number of rotatable bonds is 2. The van der Waals surface area contributed by atoms with Gasteiger partial charge in [-0.05, 0) is 30.3 Å². The highest BCUT2D eigenvalue weighted by atomic mass is 19.1. The van der Waals surface area contributed by atoms with Crippen LogP contribution in [0.2, 0.25) is 0 Å². The van der Waals surface area contributed by atoms with Gasteiger partial charge in [0.2, 0.25) is 0 Å². The number of aryl methyl sites for hydroxylation is 1. The van der Waals surface area contributed by atoms with Crippen LogP contribution >= 0.6 is 0 Å². The Morgan fingerprint density at radius 2 is 1.68 bits per heavy atom. The minimum absolute atomic E-state index is 0.0319. The lowest BCUT2D eigenvalue weighted by Gasteiger charge is -2.35. The molecule has 0 spiro atoms. The first kappa shape index (κ1) is 15.6. The number of piperazine rings is 1. The number of aromatic nitrogens is 2. The number of carbonyl (C=O) groups is 1. The summed E-state index contributed by atoms with van der Waals surface area (Å²) in [5, 5.41) is 5.31. The fraction of sp³-hybridized carbons (Fsp3) is 0.263. The van der Waals surface area contributed by atoms with Crippen molar-refractivity contribution in [3.05, 3.63) is 60.0 Å². The molecule has 25 heavy (non-hydrogen) atoms. The maximum Gasteiger partial charge on any atom is 0.275 e. The van der Waals surface area contributed by atoms with Crippen molar-refractivity contribution in [3.8, 4) is 0 Å². The monoisotopic (exact) mass is 338 g/mol. The summed E-state index contributed by atoms with van der Waals surface area (Å²) in [6.07, 6.45) is 0. The number of carbonyl (C=O) groups excluding carboxylic acids is 1. The number of hydrogen-bond donors (Lipinski definition) is 0. The Bertz CT molecular complexity index is 911. The summed E-state index contributed by atoms with van der Waals surface area (Å²) in [7, 11) is 1.85. The van der Waals surface area contributed by atoms with E-state index in [0.29, 0.717) is 18.8 Å². The van der Waals surface area contributed by atoms with Crippen molar-refractivity contribution in [1.82, 2.24) is 14.7 Å². The van der Waals surface area contributed by atoms with E-state index < -0.39 is 0 Å². The average Bonchev–Trinajstić information content (AvgIpc) is 2.99. The number of fused-ring (bicyclic) bond motifs is 1. The molecule has 4 rings (SSSR count). The summed E-state index contributed by atoms with van der Waals surface area (Å²) >= 11 is 0. The summed E-state index contributed by atoms with van der Waals surface area (Å²) in [5.74, 6) is -0.268. The lowest BCUT2D eigenvalue weighted by atomic mass is 10.1. The number of nitrogens with zero attached hydrogens (tertiary/aromatic N) is 4. The van der Waals surface area contributed by atoms with Crippen LogP contribution in [0, 0.1) is 5.82 Å². The minimum atomic E-state index is -0.236. The second-order valence-electron chi connectivity index (χ2n) is 6.25. The summed E-state index contributed by atoms with van der Waals surface area (Å²) in [6, 6.07) is 14.3. The Kier molecular flexibility index (Phi) is 3.87. The number of amides is 1. The van der Waals surface area contributed by atoms with Gasteiger partial charge in [-0.15, -0.1) is 0 Å². The number of benzene rings is 2. The van der Waals surface area contributed by atoms with Crippen LogP contribution in [0.3, 0.4) is 0 Å². The van der Waals surface area contributed by atoms with Gasteiger partial charge in [0.15, 0.2) is 5.69 Å². The Morgan fingerprint density at radius 3 is 2.40 bits per heavy atom. The number of anilines is 1. The number of halogens is 1. The third-order valence-electron chi connectivity index (χ3n) is 4.72. The van der Waals surface area contributed by atoms with Crippen molar-refractivity contribution < 1.29 is 9.18 Å². The Balaban J connectivity index is 1.50. The van der Waals surface area contributed by atoms with Crippen molar-refractivity contribution in [2.75, 3.05) is 31.1 Å². The first-order chi connectivity index (χ1) is 12.1. The average molecular weight is 338 g/mol. The third kappa shape index (κ3) is 2.84. The van der Waals surface area contributed by atoms with Crippen LogP contribution in [0.25, 0.3) is 10.9 Å². The van der Waals surface area contributed by atoms with Crippen LogP contribution in [0.4, 0.5) is 10.1 Å². The highest BCUT2D eigenvalue weighted by Crippen LogP contribution is 2.21. The zero-order chi connectivity index (χ0) is 17.4. The van der Waals surface area contributed by atoms with Crippen LogP contribution in [0.1, 0.15) is 10.5 Å². The molecule has 1 amide bonds.